The lowest BCUT2D eigenvalue weighted by molar-refractivity contribution is 1.14. The number of hydrogen-bond acceptors (Lipinski definition) is 1. The first-order valence-corrected chi connectivity index (χ1v) is 12.2. The molecule has 0 radical (unpaired) electrons. The number of pyridine rings is 1. The van der Waals surface area contributed by atoms with Crippen molar-refractivity contribution in [1.29, 1.82) is 0 Å². The van der Waals surface area contributed by atoms with Crippen LogP contribution in [0.3, 0.4) is 0 Å². The molecule has 0 unspecified atom stereocenters. The van der Waals surface area contributed by atoms with Crippen molar-refractivity contribution < 1.29 is 0 Å². The van der Waals surface area contributed by atoms with E-state index in [2.05, 4.69) is 123 Å². The molecule has 8 rings (SSSR count). The Labute approximate surface area is 207 Å². The predicted octanol–water partition coefficient (Wildman–Crippen LogP) is 8.43. The maximum Gasteiger partial charge on any atom is 0.0645 e. The fourth-order valence-electron chi connectivity index (χ4n) is 5.86. The maximum atomic E-state index is 4.40. The predicted molar refractivity (Wildman–Crippen MR) is 150 cm³/mol. The fraction of sp³-hybridized carbons (Fsp3) is 0. The Morgan fingerprint density at radius 1 is 0.444 bits per heavy atom. The minimum atomic E-state index is 1.07. The summed E-state index contributed by atoms with van der Waals surface area (Å²) in [6.07, 6.45) is 3.76. The van der Waals surface area contributed by atoms with Crippen LogP contribution < -0.4 is 0 Å². The van der Waals surface area contributed by atoms with E-state index in [4.69, 9.17) is 0 Å². The Morgan fingerprint density at radius 2 is 1.14 bits per heavy atom. The molecule has 5 aromatic carbocycles. The first-order valence-electron chi connectivity index (χ1n) is 12.2. The Balaban J connectivity index is 1.59. The highest BCUT2D eigenvalue weighted by Gasteiger charge is 2.18. The third-order valence-electron chi connectivity index (χ3n) is 7.36. The van der Waals surface area contributed by atoms with Crippen molar-refractivity contribution in [3.8, 4) is 11.4 Å². The molecule has 3 heteroatoms. The third kappa shape index (κ3) is 2.60. The van der Waals surface area contributed by atoms with Crippen LogP contribution in [0, 0.1) is 0 Å². The molecule has 0 atom stereocenters. The zero-order valence-electron chi connectivity index (χ0n) is 19.5. The van der Waals surface area contributed by atoms with E-state index in [0.29, 0.717) is 0 Å². The van der Waals surface area contributed by atoms with Crippen molar-refractivity contribution in [1.82, 2.24) is 14.1 Å². The molecular formula is C33H21N3. The SMILES string of the molecule is c1ccc(-n2c3ccccc3c3ccc4cc5c(cc4c32)c2ccccc2n5-c2cccnc2)cc1. The van der Waals surface area contributed by atoms with Crippen molar-refractivity contribution in [2.75, 3.05) is 0 Å². The minimum Gasteiger partial charge on any atom is -0.309 e. The van der Waals surface area contributed by atoms with Gasteiger partial charge < -0.3 is 9.13 Å². The molecule has 0 aliphatic carbocycles. The average Bonchev–Trinajstić information content (AvgIpc) is 3.46. The largest absolute Gasteiger partial charge is 0.309 e. The molecule has 0 aliphatic rings. The molecule has 3 nitrogen and oxygen atoms in total. The van der Waals surface area contributed by atoms with Crippen molar-refractivity contribution in [2.45, 2.75) is 0 Å². The molecule has 0 saturated heterocycles. The first kappa shape index (κ1) is 19.4. The van der Waals surface area contributed by atoms with Gasteiger partial charge in [0.2, 0.25) is 0 Å². The molecule has 3 aromatic heterocycles. The highest BCUT2D eigenvalue weighted by Crippen LogP contribution is 2.40. The average molecular weight is 460 g/mol. The van der Waals surface area contributed by atoms with Crippen LogP contribution in [-0.4, -0.2) is 14.1 Å². The Bertz CT molecular complexity index is 2080. The number of hydrogen-bond donors (Lipinski definition) is 0. The molecule has 8 aromatic rings. The lowest BCUT2D eigenvalue weighted by Gasteiger charge is -2.11. The normalized spacial score (nSPS) is 11.9. The zero-order chi connectivity index (χ0) is 23.6. The molecule has 0 bridgehead atoms. The quantitative estimate of drug-likeness (QED) is 0.254. The van der Waals surface area contributed by atoms with E-state index < -0.39 is 0 Å². The van der Waals surface area contributed by atoms with Gasteiger partial charge in [-0.2, -0.15) is 0 Å². The van der Waals surface area contributed by atoms with Crippen LogP contribution in [0.4, 0.5) is 0 Å². The van der Waals surface area contributed by atoms with Gasteiger partial charge in [0.05, 0.1) is 34.0 Å². The molecule has 0 saturated carbocycles. The van der Waals surface area contributed by atoms with Crippen molar-refractivity contribution >= 4 is 54.4 Å². The van der Waals surface area contributed by atoms with Gasteiger partial charge in [-0.1, -0.05) is 66.7 Å². The highest BCUT2D eigenvalue weighted by atomic mass is 15.0. The standard InChI is InChI=1S/C33H21N3/c1-2-9-23(10-3-1)36-31-15-7-4-12-25(31)27-17-16-22-19-32-29(20-28(22)33(27)36)26-13-5-6-14-30(26)35(32)24-11-8-18-34-21-24/h1-21H. The summed E-state index contributed by atoms with van der Waals surface area (Å²) in [6, 6.07) is 41.5. The van der Waals surface area contributed by atoms with Gasteiger partial charge in [-0.05, 0) is 53.9 Å². The Morgan fingerprint density at radius 3 is 1.92 bits per heavy atom. The maximum absolute atomic E-state index is 4.40. The highest BCUT2D eigenvalue weighted by molar-refractivity contribution is 6.22. The molecule has 0 amide bonds. The number of para-hydroxylation sites is 3. The van der Waals surface area contributed by atoms with Gasteiger partial charge in [-0.3, -0.25) is 4.98 Å². The smallest absolute Gasteiger partial charge is 0.0645 e. The van der Waals surface area contributed by atoms with Gasteiger partial charge in [-0.25, -0.2) is 0 Å². The Kier molecular flexibility index (Phi) is 3.94. The van der Waals surface area contributed by atoms with Gasteiger partial charge in [-0.15, -0.1) is 0 Å². The molecule has 168 valence electrons. The van der Waals surface area contributed by atoms with E-state index >= 15 is 0 Å². The number of nitrogens with zero attached hydrogens (tertiary/aromatic N) is 3. The summed E-state index contributed by atoms with van der Waals surface area (Å²) in [6.45, 7) is 0. The molecular weight excluding hydrogens is 438 g/mol. The minimum absolute atomic E-state index is 1.07. The van der Waals surface area contributed by atoms with Crippen LogP contribution in [0.2, 0.25) is 0 Å². The van der Waals surface area contributed by atoms with Crippen LogP contribution in [0.1, 0.15) is 0 Å². The van der Waals surface area contributed by atoms with E-state index in [-0.39, 0.29) is 0 Å². The Hall–Kier alpha value is -4.89. The summed E-state index contributed by atoms with van der Waals surface area (Å²) in [5.41, 5.74) is 7.11. The van der Waals surface area contributed by atoms with Gasteiger partial charge in [0, 0.05) is 38.8 Å². The van der Waals surface area contributed by atoms with Gasteiger partial charge >= 0.3 is 0 Å². The van der Waals surface area contributed by atoms with E-state index in [1.807, 2.05) is 18.5 Å². The summed E-state index contributed by atoms with van der Waals surface area (Å²) >= 11 is 0. The monoisotopic (exact) mass is 459 g/mol. The lowest BCUT2D eigenvalue weighted by atomic mass is 10.0. The van der Waals surface area contributed by atoms with Crippen LogP contribution in [-0.2, 0) is 0 Å². The summed E-state index contributed by atoms with van der Waals surface area (Å²) < 4.78 is 4.74. The number of aromatic nitrogens is 3. The van der Waals surface area contributed by atoms with Crippen LogP contribution >= 0.6 is 0 Å². The molecule has 0 N–H and O–H groups in total. The third-order valence-corrected chi connectivity index (χ3v) is 7.36. The fourth-order valence-corrected chi connectivity index (χ4v) is 5.86. The van der Waals surface area contributed by atoms with Gasteiger partial charge in [0.1, 0.15) is 0 Å². The number of rotatable bonds is 2. The summed E-state index contributed by atoms with van der Waals surface area (Å²) in [5, 5.41) is 7.53. The van der Waals surface area contributed by atoms with E-state index in [1.54, 1.807) is 0 Å². The zero-order valence-corrected chi connectivity index (χ0v) is 19.5. The second-order valence-corrected chi connectivity index (χ2v) is 9.30. The first-order chi connectivity index (χ1) is 17.9. The van der Waals surface area contributed by atoms with Crippen LogP contribution in [0.25, 0.3) is 65.8 Å². The summed E-state index contributed by atoms with van der Waals surface area (Å²) in [4.78, 5) is 4.40. The lowest BCUT2D eigenvalue weighted by Crippen LogP contribution is -1.95. The van der Waals surface area contributed by atoms with Crippen LogP contribution in [0.15, 0.2) is 128 Å². The van der Waals surface area contributed by atoms with Gasteiger partial charge in [0.15, 0.2) is 0 Å². The van der Waals surface area contributed by atoms with Crippen molar-refractivity contribution in [2.24, 2.45) is 0 Å². The van der Waals surface area contributed by atoms with E-state index in [0.717, 1.165) is 5.69 Å². The summed E-state index contributed by atoms with van der Waals surface area (Å²) in [5.74, 6) is 0. The number of benzene rings is 5. The molecule has 0 fully saturated rings. The van der Waals surface area contributed by atoms with E-state index in [1.165, 1.54) is 60.1 Å². The molecule has 0 spiro atoms. The number of fused-ring (bicyclic) bond motifs is 8. The molecule has 0 aliphatic heterocycles. The van der Waals surface area contributed by atoms with Gasteiger partial charge in [0.25, 0.3) is 0 Å². The molecule has 36 heavy (non-hydrogen) atoms. The second-order valence-electron chi connectivity index (χ2n) is 9.30. The second kappa shape index (κ2) is 7.30. The topological polar surface area (TPSA) is 22.8 Å². The van der Waals surface area contributed by atoms with Crippen molar-refractivity contribution in [3.05, 3.63) is 128 Å². The summed E-state index contributed by atoms with van der Waals surface area (Å²) in [7, 11) is 0. The molecule has 3 heterocycles. The van der Waals surface area contributed by atoms with Crippen LogP contribution in [0.5, 0.6) is 0 Å². The van der Waals surface area contributed by atoms with E-state index in [9.17, 15) is 0 Å². The van der Waals surface area contributed by atoms with Crippen molar-refractivity contribution in [3.63, 3.8) is 0 Å².